The Kier molecular flexibility index (Phi) is 4.33. The number of hydrogen-bond donors (Lipinski definition) is 1. The summed E-state index contributed by atoms with van der Waals surface area (Å²) < 4.78 is 24.7. The van der Waals surface area contributed by atoms with Crippen LogP contribution in [-0.4, -0.2) is 30.6 Å². The molecule has 1 atom stereocenters. The van der Waals surface area contributed by atoms with Crippen molar-refractivity contribution in [2.24, 2.45) is 0 Å². The Morgan fingerprint density at radius 2 is 2.23 bits per heavy atom. The van der Waals surface area contributed by atoms with Crippen molar-refractivity contribution < 1.29 is 13.2 Å². The standard InChI is InChI=1S/C14H16N2O3S3/c1-9(13(17)15-10-4-5-10)22(18,19)8-11-7-21-14(16-11)12-3-2-6-20-12/h2-3,6-7,9-10H,4-5,8H2,1H3,(H,15,17)/t9-/m1/s1. The molecule has 1 aliphatic rings. The molecule has 1 aliphatic carbocycles. The van der Waals surface area contributed by atoms with Gasteiger partial charge in [-0.15, -0.1) is 22.7 Å². The lowest BCUT2D eigenvalue weighted by molar-refractivity contribution is -0.120. The van der Waals surface area contributed by atoms with E-state index in [1.54, 1.807) is 16.7 Å². The molecular formula is C14H16N2O3S3. The fraction of sp³-hybridized carbons (Fsp3) is 0.429. The minimum Gasteiger partial charge on any atom is -0.352 e. The second-order valence-corrected chi connectivity index (χ2v) is 9.48. The zero-order valence-corrected chi connectivity index (χ0v) is 14.4. The first-order valence-electron chi connectivity index (χ1n) is 6.96. The number of amides is 1. The van der Waals surface area contributed by atoms with Crippen molar-refractivity contribution in [3.63, 3.8) is 0 Å². The summed E-state index contributed by atoms with van der Waals surface area (Å²) in [6.45, 7) is 1.44. The minimum atomic E-state index is -3.55. The van der Waals surface area contributed by atoms with Crippen LogP contribution in [-0.2, 0) is 20.4 Å². The van der Waals surface area contributed by atoms with Crippen molar-refractivity contribution in [3.05, 3.63) is 28.6 Å². The van der Waals surface area contributed by atoms with Gasteiger partial charge in [-0.05, 0) is 31.2 Å². The molecule has 5 nitrogen and oxygen atoms in total. The molecule has 1 amide bonds. The van der Waals surface area contributed by atoms with Crippen LogP contribution < -0.4 is 5.32 Å². The van der Waals surface area contributed by atoms with Crippen molar-refractivity contribution in [3.8, 4) is 9.88 Å². The van der Waals surface area contributed by atoms with E-state index < -0.39 is 21.0 Å². The quantitative estimate of drug-likeness (QED) is 0.862. The predicted molar refractivity (Wildman–Crippen MR) is 88.7 cm³/mol. The molecule has 8 heteroatoms. The van der Waals surface area contributed by atoms with E-state index in [1.165, 1.54) is 18.3 Å². The molecular weight excluding hydrogens is 340 g/mol. The Morgan fingerprint density at radius 3 is 2.86 bits per heavy atom. The van der Waals surface area contributed by atoms with Crippen LogP contribution in [0.4, 0.5) is 0 Å². The molecule has 2 aromatic heterocycles. The van der Waals surface area contributed by atoms with Crippen LogP contribution in [0.15, 0.2) is 22.9 Å². The lowest BCUT2D eigenvalue weighted by atomic mass is 10.4. The fourth-order valence-electron chi connectivity index (χ4n) is 1.93. The number of thiophene rings is 1. The topological polar surface area (TPSA) is 76.1 Å². The number of aromatic nitrogens is 1. The van der Waals surface area contributed by atoms with Gasteiger partial charge in [-0.2, -0.15) is 0 Å². The van der Waals surface area contributed by atoms with Gasteiger partial charge in [0.15, 0.2) is 9.84 Å². The minimum absolute atomic E-state index is 0.162. The molecule has 22 heavy (non-hydrogen) atoms. The van der Waals surface area contributed by atoms with Crippen LogP contribution in [0.25, 0.3) is 9.88 Å². The van der Waals surface area contributed by atoms with Gasteiger partial charge in [-0.1, -0.05) is 6.07 Å². The van der Waals surface area contributed by atoms with Gasteiger partial charge in [0.05, 0.1) is 16.3 Å². The van der Waals surface area contributed by atoms with Gasteiger partial charge in [0, 0.05) is 11.4 Å². The molecule has 0 unspecified atom stereocenters. The molecule has 0 aliphatic heterocycles. The lowest BCUT2D eigenvalue weighted by Crippen LogP contribution is -2.39. The zero-order valence-electron chi connectivity index (χ0n) is 12.0. The van der Waals surface area contributed by atoms with E-state index in [4.69, 9.17) is 0 Å². The highest BCUT2D eigenvalue weighted by molar-refractivity contribution is 7.92. The van der Waals surface area contributed by atoms with Gasteiger partial charge in [0.1, 0.15) is 10.3 Å². The molecule has 1 saturated carbocycles. The van der Waals surface area contributed by atoms with Crippen LogP contribution in [0.5, 0.6) is 0 Å². The lowest BCUT2D eigenvalue weighted by Gasteiger charge is -2.12. The van der Waals surface area contributed by atoms with Crippen molar-refractivity contribution in [1.29, 1.82) is 0 Å². The monoisotopic (exact) mass is 356 g/mol. The van der Waals surface area contributed by atoms with Gasteiger partial charge in [0.2, 0.25) is 5.91 Å². The highest BCUT2D eigenvalue weighted by atomic mass is 32.2. The number of carbonyl (C=O) groups excluding carboxylic acids is 1. The molecule has 0 spiro atoms. The normalized spacial score (nSPS) is 16.4. The maximum Gasteiger partial charge on any atom is 0.238 e. The van der Waals surface area contributed by atoms with Crippen LogP contribution >= 0.6 is 22.7 Å². The first kappa shape index (κ1) is 15.6. The second-order valence-electron chi connectivity index (χ2n) is 5.35. The first-order valence-corrected chi connectivity index (χ1v) is 10.4. The van der Waals surface area contributed by atoms with E-state index in [0.717, 1.165) is 22.7 Å². The maximum atomic E-state index is 12.3. The van der Waals surface area contributed by atoms with Gasteiger partial charge in [-0.3, -0.25) is 4.79 Å². The number of nitrogens with one attached hydrogen (secondary N) is 1. The number of rotatable bonds is 6. The molecule has 1 N–H and O–H groups in total. The average molecular weight is 356 g/mol. The average Bonchev–Trinajstić information content (AvgIpc) is 2.93. The summed E-state index contributed by atoms with van der Waals surface area (Å²) in [4.78, 5) is 17.3. The van der Waals surface area contributed by atoms with E-state index in [1.807, 2.05) is 17.5 Å². The van der Waals surface area contributed by atoms with E-state index in [9.17, 15) is 13.2 Å². The summed E-state index contributed by atoms with van der Waals surface area (Å²) in [5.74, 6) is -0.607. The summed E-state index contributed by atoms with van der Waals surface area (Å²) in [6, 6.07) is 4.05. The molecule has 0 saturated heterocycles. The summed E-state index contributed by atoms with van der Waals surface area (Å²) in [5.41, 5.74) is 0.500. The van der Waals surface area contributed by atoms with Gasteiger partial charge in [0.25, 0.3) is 0 Å². The number of sulfone groups is 1. The molecule has 0 aromatic carbocycles. The summed E-state index contributed by atoms with van der Waals surface area (Å²) in [7, 11) is -3.55. The highest BCUT2D eigenvalue weighted by Gasteiger charge is 2.32. The molecule has 0 radical (unpaired) electrons. The molecule has 118 valence electrons. The zero-order chi connectivity index (χ0) is 15.7. The highest BCUT2D eigenvalue weighted by Crippen LogP contribution is 2.28. The van der Waals surface area contributed by atoms with Crippen molar-refractivity contribution in [2.45, 2.75) is 36.8 Å². The number of nitrogens with zero attached hydrogens (tertiary/aromatic N) is 1. The van der Waals surface area contributed by atoms with Gasteiger partial charge < -0.3 is 5.32 Å². The Bertz CT molecular complexity index is 761. The van der Waals surface area contributed by atoms with E-state index in [-0.39, 0.29) is 11.8 Å². The van der Waals surface area contributed by atoms with Crippen LogP contribution in [0.2, 0.25) is 0 Å². The van der Waals surface area contributed by atoms with Crippen LogP contribution in [0.3, 0.4) is 0 Å². The smallest absolute Gasteiger partial charge is 0.238 e. The summed E-state index contributed by atoms with van der Waals surface area (Å²) in [6.07, 6.45) is 1.88. The second kappa shape index (κ2) is 6.10. The van der Waals surface area contributed by atoms with Gasteiger partial charge in [-0.25, -0.2) is 13.4 Å². The van der Waals surface area contributed by atoms with Crippen LogP contribution in [0.1, 0.15) is 25.5 Å². The van der Waals surface area contributed by atoms with Crippen molar-refractivity contribution in [2.75, 3.05) is 0 Å². The first-order chi connectivity index (χ1) is 10.5. The van der Waals surface area contributed by atoms with E-state index >= 15 is 0 Å². The molecule has 3 rings (SSSR count). The van der Waals surface area contributed by atoms with Crippen molar-refractivity contribution >= 4 is 38.4 Å². The third-order valence-electron chi connectivity index (χ3n) is 3.46. The number of thiazole rings is 1. The predicted octanol–water partition coefficient (Wildman–Crippen LogP) is 2.45. The number of carbonyl (C=O) groups is 1. The largest absolute Gasteiger partial charge is 0.352 e. The summed E-state index contributed by atoms with van der Waals surface area (Å²) in [5, 5.41) is 6.22. The molecule has 1 fully saturated rings. The van der Waals surface area contributed by atoms with Crippen molar-refractivity contribution in [1.82, 2.24) is 10.3 Å². The molecule has 0 bridgehead atoms. The Labute approximate surface area is 137 Å². The molecule has 2 aromatic rings. The Balaban J connectivity index is 1.69. The fourth-order valence-corrected chi connectivity index (χ4v) is 4.87. The van der Waals surface area contributed by atoms with E-state index in [2.05, 4.69) is 10.3 Å². The van der Waals surface area contributed by atoms with Crippen LogP contribution in [0, 0.1) is 0 Å². The third-order valence-corrected chi connectivity index (χ3v) is 7.38. The Hall–Kier alpha value is -1.25. The van der Waals surface area contributed by atoms with Gasteiger partial charge >= 0.3 is 0 Å². The SMILES string of the molecule is C[C@H](C(=O)NC1CC1)S(=O)(=O)Cc1csc(-c2cccs2)n1. The molecule has 2 heterocycles. The third kappa shape index (κ3) is 3.56. The number of hydrogen-bond acceptors (Lipinski definition) is 6. The van der Waals surface area contributed by atoms with E-state index in [0.29, 0.717) is 5.69 Å². The Morgan fingerprint density at radius 1 is 1.45 bits per heavy atom. The summed E-state index contributed by atoms with van der Waals surface area (Å²) >= 11 is 2.99. The maximum absolute atomic E-state index is 12.3.